The molecule has 16 heteroatoms. The molecule has 2 aliphatic rings. The summed E-state index contributed by atoms with van der Waals surface area (Å²) in [6.45, 7) is 5.25. The van der Waals surface area contributed by atoms with Gasteiger partial charge >= 0.3 is 18.2 Å². The molecule has 0 radical (unpaired) electrons. The summed E-state index contributed by atoms with van der Waals surface area (Å²) in [5.74, 6) is -0.554. The van der Waals surface area contributed by atoms with E-state index in [4.69, 9.17) is 30.7 Å². The minimum absolute atomic E-state index is 0.0268. The maximum absolute atomic E-state index is 13.8. The lowest BCUT2D eigenvalue weighted by atomic mass is 9.83. The number of ether oxygens (including phenoxy) is 3. The Morgan fingerprint density at radius 3 is 2.43 bits per heavy atom. The Morgan fingerprint density at radius 1 is 1.07 bits per heavy atom. The van der Waals surface area contributed by atoms with Crippen LogP contribution in [0.1, 0.15) is 74.0 Å². The standard InChI is InChI=1S/C30H35N7O8S/c1-30(2,3)45-23(38)8-7-18-24(36-11-10-20(43-27(31)41)21(14-36)44-28(32)42)34-22-13-17(9-12-37(22)26(18)40)25(39)35-29-33-19(15-46-29)16-5-4-6-16/h7-9,12-13,15-16,20-21H,4-6,10-11,14H2,1-3H3,(H2,31,41)(H2,32,42)(H,33,35,39). The molecule has 5 rings (SSSR count). The topological polar surface area (TPSA) is 211 Å². The van der Waals surface area contributed by atoms with E-state index in [0.717, 1.165) is 24.6 Å². The average molecular weight is 654 g/mol. The second-order valence-electron chi connectivity index (χ2n) is 12.0. The number of aromatic nitrogens is 3. The second-order valence-corrected chi connectivity index (χ2v) is 12.9. The molecule has 0 spiro atoms. The first kappa shape index (κ1) is 32.4. The number of amides is 3. The molecule has 2 unspecified atom stereocenters. The number of nitrogens with two attached hydrogens (primary N) is 2. The lowest BCUT2D eigenvalue weighted by Crippen LogP contribution is -2.52. The van der Waals surface area contributed by atoms with Gasteiger partial charge in [0.1, 0.15) is 23.2 Å². The molecule has 1 aliphatic carbocycles. The molecule has 1 aliphatic heterocycles. The van der Waals surface area contributed by atoms with Crippen LogP contribution in [0.15, 0.2) is 34.6 Å². The van der Waals surface area contributed by atoms with Gasteiger partial charge in [-0.25, -0.2) is 24.4 Å². The quantitative estimate of drug-likeness (QED) is 0.183. The van der Waals surface area contributed by atoms with E-state index in [9.17, 15) is 24.0 Å². The predicted octanol–water partition coefficient (Wildman–Crippen LogP) is 3.16. The van der Waals surface area contributed by atoms with Gasteiger partial charge in [-0.05, 0) is 51.8 Å². The van der Waals surface area contributed by atoms with Crippen molar-refractivity contribution in [1.29, 1.82) is 0 Å². The first-order chi connectivity index (χ1) is 21.8. The van der Waals surface area contributed by atoms with Gasteiger partial charge in [0.25, 0.3) is 11.5 Å². The maximum Gasteiger partial charge on any atom is 0.404 e. The second kappa shape index (κ2) is 13.2. The van der Waals surface area contributed by atoms with Crippen LogP contribution in [-0.2, 0) is 19.0 Å². The number of nitrogens with zero attached hydrogens (tertiary/aromatic N) is 4. The van der Waals surface area contributed by atoms with Crippen molar-refractivity contribution in [2.24, 2.45) is 11.5 Å². The number of nitrogens with one attached hydrogen (secondary N) is 1. The Bertz CT molecular complexity index is 1760. The highest BCUT2D eigenvalue weighted by Crippen LogP contribution is 2.37. The fourth-order valence-corrected chi connectivity index (χ4v) is 5.98. The van der Waals surface area contributed by atoms with Crippen LogP contribution in [0.2, 0.25) is 0 Å². The number of hydrogen-bond donors (Lipinski definition) is 3. The smallest absolute Gasteiger partial charge is 0.404 e. The zero-order valence-corrected chi connectivity index (χ0v) is 26.4. The molecule has 0 aromatic carbocycles. The summed E-state index contributed by atoms with van der Waals surface area (Å²) in [5, 5.41) is 5.24. The van der Waals surface area contributed by atoms with E-state index in [1.165, 1.54) is 46.6 Å². The predicted molar refractivity (Wildman–Crippen MR) is 169 cm³/mol. The molecule has 2 fully saturated rings. The molecule has 4 heterocycles. The molecule has 46 heavy (non-hydrogen) atoms. The molecule has 15 nitrogen and oxygen atoms in total. The molecule has 3 amide bonds. The van der Waals surface area contributed by atoms with Gasteiger partial charge in [0.05, 0.1) is 17.8 Å². The third-order valence-electron chi connectivity index (χ3n) is 7.50. The van der Waals surface area contributed by atoms with Gasteiger partial charge in [-0.2, -0.15) is 0 Å². The molecular weight excluding hydrogens is 618 g/mol. The van der Waals surface area contributed by atoms with E-state index >= 15 is 0 Å². The van der Waals surface area contributed by atoms with Gasteiger partial charge in [-0.15, -0.1) is 11.3 Å². The number of anilines is 2. The fraction of sp³-hybridized carbons (Fsp3) is 0.433. The monoisotopic (exact) mass is 653 g/mol. The Labute approximate surface area is 267 Å². The van der Waals surface area contributed by atoms with Gasteiger partial charge in [0.15, 0.2) is 11.2 Å². The summed E-state index contributed by atoms with van der Waals surface area (Å²) in [6.07, 6.45) is 3.24. The fourth-order valence-electron chi connectivity index (χ4n) is 5.19. The molecule has 5 N–H and O–H groups in total. The normalized spacial score (nSPS) is 18.6. The molecule has 0 bridgehead atoms. The summed E-state index contributed by atoms with van der Waals surface area (Å²) in [5.41, 5.74) is 10.5. The number of primary amides is 2. The molecule has 2 atom stereocenters. The Balaban J connectivity index is 1.50. The molecular formula is C30H35N7O8S. The lowest BCUT2D eigenvalue weighted by molar-refractivity contribution is -0.148. The number of carbonyl (C=O) groups excluding carboxylic acids is 4. The SMILES string of the molecule is CC(C)(C)OC(=O)C=Cc1c(N2CCC(OC(N)=O)C(OC(N)=O)C2)nc2cc(C(=O)Nc3nc(C4CCC4)cs3)ccn2c1=O. The van der Waals surface area contributed by atoms with E-state index in [1.54, 1.807) is 25.7 Å². The number of thiazole rings is 1. The first-order valence-electron chi connectivity index (χ1n) is 14.7. The van der Waals surface area contributed by atoms with Crippen LogP contribution < -0.4 is 27.2 Å². The number of rotatable bonds is 8. The third kappa shape index (κ3) is 7.62. The highest BCUT2D eigenvalue weighted by molar-refractivity contribution is 7.14. The number of pyridine rings is 1. The summed E-state index contributed by atoms with van der Waals surface area (Å²) in [4.78, 5) is 73.5. The van der Waals surface area contributed by atoms with Crippen LogP contribution in [0.5, 0.6) is 0 Å². The van der Waals surface area contributed by atoms with Gasteiger partial charge in [0.2, 0.25) is 0 Å². The zero-order valence-electron chi connectivity index (χ0n) is 25.6. The van der Waals surface area contributed by atoms with Crippen LogP contribution in [0, 0.1) is 0 Å². The largest absolute Gasteiger partial charge is 0.457 e. The van der Waals surface area contributed by atoms with Crippen molar-refractivity contribution in [3.05, 3.63) is 57.0 Å². The number of carbonyl (C=O) groups is 4. The first-order valence-corrected chi connectivity index (χ1v) is 15.6. The molecule has 3 aromatic heterocycles. The minimum atomic E-state index is -1.10. The highest BCUT2D eigenvalue weighted by atomic mass is 32.1. The molecule has 1 saturated carbocycles. The van der Waals surface area contributed by atoms with Gasteiger partial charge in [0, 0.05) is 42.1 Å². The van der Waals surface area contributed by atoms with Crippen molar-refractivity contribution in [2.45, 2.75) is 70.2 Å². The molecule has 1 saturated heterocycles. The summed E-state index contributed by atoms with van der Waals surface area (Å²) >= 11 is 1.35. The van der Waals surface area contributed by atoms with Crippen LogP contribution in [0.25, 0.3) is 11.7 Å². The lowest BCUT2D eigenvalue weighted by Gasteiger charge is -2.37. The van der Waals surface area contributed by atoms with Crippen molar-refractivity contribution in [3.63, 3.8) is 0 Å². The summed E-state index contributed by atoms with van der Waals surface area (Å²) in [7, 11) is 0. The van der Waals surface area contributed by atoms with Gasteiger partial charge in [-0.1, -0.05) is 6.42 Å². The van der Waals surface area contributed by atoms with E-state index in [0.29, 0.717) is 11.0 Å². The van der Waals surface area contributed by atoms with Crippen molar-refractivity contribution in [2.75, 3.05) is 23.3 Å². The Hall–Kier alpha value is -4.99. The van der Waals surface area contributed by atoms with Crippen molar-refractivity contribution in [3.8, 4) is 0 Å². The highest BCUT2D eigenvalue weighted by Gasteiger charge is 2.36. The summed E-state index contributed by atoms with van der Waals surface area (Å²) in [6, 6.07) is 2.94. The maximum atomic E-state index is 13.8. The third-order valence-corrected chi connectivity index (χ3v) is 8.28. The minimum Gasteiger partial charge on any atom is -0.457 e. The van der Waals surface area contributed by atoms with Crippen molar-refractivity contribution >= 4 is 58.1 Å². The van der Waals surface area contributed by atoms with E-state index in [2.05, 4.69) is 10.3 Å². The Morgan fingerprint density at radius 2 is 1.78 bits per heavy atom. The molecule has 244 valence electrons. The van der Waals surface area contributed by atoms with Crippen molar-refractivity contribution < 1.29 is 33.4 Å². The van der Waals surface area contributed by atoms with Crippen LogP contribution in [-0.4, -0.2) is 69.3 Å². The number of esters is 1. The van der Waals surface area contributed by atoms with Gasteiger partial charge in [-0.3, -0.25) is 19.3 Å². The van der Waals surface area contributed by atoms with Gasteiger partial charge < -0.3 is 30.6 Å². The average Bonchev–Trinajstić information content (AvgIpc) is 3.38. The van der Waals surface area contributed by atoms with Crippen LogP contribution in [0.4, 0.5) is 20.5 Å². The van der Waals surface area contributed by atoms with E-state index < -0.39 is 47.4 Å². The molecule has 3 aromatic rings. The van der Waals surface area contributed by atoms with Crippen molar-refractivity contribution in [1.82, 2.24) is 14.4 Å². The van der Waals surface area contributed by atoms with E-state index in [-0.39, 0.29) is 42.1 Å². The van der Waals surface area contributed by atoms with Crippen LogP contribution in [0.3, 0.4) is 0 Å². The zero-order chi connectivity index (χ0) is 33.2. The Kier molecular flexibility index (Phi) is 9.27. The number of fused-ring (bicyclic) bond motifs is 1. The number of piperidine rings is 1. The number of hydrogen-bond acceptors (Lipinski definition) is 12. The summed E-state index contributed by atoms with van der Waals surface area (Å²) < 4.78 is 16.9. The van der Waals surface area contributed by atoms with Crippen LogP contribution >= 0.6 is 11.3 Å². The van der Waals surface area contributed by atoms with E-state index in [1.807, 2.05) is 5.38 Å².